The maximum absolute atomic E-state index is 12.1. The Balaban J connectivity index is 3.06. The third-order valence-electron chi connectivity index (χ3n) is 3.06. The Hall–Kier alpha value is -1.36. The molecule has 0 aliphatic rings. The molecule has 0 aliphatic heterocycles. The highest BCUT2D eigenvalue weighted by atomic mass is 32.2. The van der Waals surface area contributed by atoms with Crippen molar-refractivity contribution in [1.82, 2.24) is 0 Å². The molecule has 18 heavy (non-hydrogen) atoms. The molecule has 1 aromatic carbocycles. The topological polar surface area (TPSA) is 60.2 Å². The summed E-state index contributed by atoms with van der Waals surface area (Å²) in [6.07, 6.45) is 0.300. The molecule has 2 atom stereocenters. The quantitative estimate of drug-likeness (QED) is 0.451. The molecule has 1 rings (SSSR count). The molecule has 0 saturated heterocycles. The summed E-state index contributed by atoms with van der Waals surface area (Å²) in [6.45, 7) is 4.88. The number of nitro groups is 1. The van der Waals surface area contributed by atoms with Crippen molar-refractivity contribution >= 4 is 17.5 Å². The number of nitrogens with zero attached hydrogens (tertiary/aromatic N) is 1. The summed E-state index contributed by atoms with van der Waals surface area (Å²) in [4.78, 5) is 23.5. The van der Waals surface area contributed by atoms with Gasteiger partial charge in [0.25, 0.3) is 0 Å². The third kappa shape index (κ3) is 3.10. The van der Waals surface area contributed by atoms with Crippen LogP contribution in [0.25, 0.3) is 0 Å². The van der Waals surface area contributed by atoms with Crippen molar-refractivity contribution in [3.63, 3.8) is 0 Å². The van der Waals surface area contributed by atoms with Crippen LogP contribution in [-0.4, -0.2) is 21.5 Å². The third-order valence-corrected chi connectivity index (χ3v) is 4.56. The highest BCUT2D eigenvalue weighted by Crippen LogP contribution is 2.37. The second kappa shape index (κ2) is 6.00. The van der Waals surface area contributed by atoms with E-state index in [1.807, 2.05) is 30.3 Å². The Morgan fingerprint density at radius 1 is 1.44 bits per heavy atom. The van der Waals surface area contributed by atoms with Crippen LogP contribution < -0.4 is 0 Å². The first-order chi connectivity index (χ1) is 8.41. The molecule has 4 nitrogen and oxygen atoms in total. The van der Waals surface area contributed by atoms with Gasteiger partial charge in [-0.1, -0.05) is 25.1 Å². The van der Waals surface area contributed by atoms with Crippen molar-refractivity contribution < 1.29 is 9.72 Å². The average Bonchev–Trinajstić information content (AvgIpc) is 2.37. The molecule has 1 aromatic rings. The van der Waals surface area contributed by atoms with Gasteiger partial charge in [0.1, 0.15) is 4.75 Å². The van der Waals surface area contributed by atoms with Crippen LogP contribution in [-0.2, 0) is 4.79 Å². The highest BCUT2D eigenvalue weighted by molar-refractivity contribution is 8.01. The van der Waals surface area contributed by atoms with Crippen LogP contribution >= 0.6 is 11.8 Å². The van der Waals surface area contributed by atoms with Gasteiger partial charge in [-0.15, -0.1) is 11.8 Å². The van der Waals surface area contributed by atoms with Crippen molar-refractivity contribution in [3.05, 3.63) is 40.4 Å². The lowest BCUT2D eigenvalue weighted by Gasteiger charge is -2.27. The van der Waals surface area contributed by atoms with E-state index >= 15 is 0 Å². The van der Waals surface area contributed by atoms with E-state index in [0.717, 1.165) is 4.90 Å². The maximum atomic E-state index is 12.1. The van der Waals surface area contributed by atoms with Gasteiger partial charge in [-0.2, -0.15) is 0 Å². The van der Waals surface area contributed by atoms with Gasteiger partial charge in [0.15, 0.2) is 5.78 Å². The summed E-state index contributed by atoms with van der Waals surface area (Å²) in [7, 11) is 0. The van der Waals surface area contributed by atoms with E-state index in [1.165, 1.54) is 18.7 Å². The fourth-order valence-corrected chi connectivity index (χ4v) is 2.96. The largest absolute Gasteiger partial charge is 0.298 e. The molecular weight excluding hydrogens is 250 g/mol. The molecule has 0 spiro atoms. The van der Waals surface area contributed by atoms with E-state index in [9.17, 15) is 14.9 Å². The Labute approximate surface area is 111 Å². The standard InChI is InChI=1S/C13H17NO3S/c1-4-12(15)13(3,10(2)14(16)17)18-11-8-6-5-7-9-11/h5-10H,4H2,1-3H3/t10-,13-/m0/s1. The predicted octanol–water partition coefficient (Wildman–Crippen LogP) is 3.18. The second-order valence-electron chi connectivity index (χ2n) is 4.26. The van der Waals surface area contributed by atoms with Gasteiger partial charge in [-0.05, 0) is 19.1 Å². The van der Waals surface area contributed by atoms with Gasteiger partial charge in [-0.3, -0.25) is 14.9 Å². The summed E-state index contributed by atoms with van der Waals surface area (Å²) >= 11 is 1.27. The monoisotopic (exact) mass is 267 g/mol. The van der Waals surface area contributed by atoms with Crippen molar-refractivity contribution in [2.45, 2.75) is 42.9 Å². The minimum absolute atomic E-state index is 0.0967. The molecule has 0 N–H and O–H groups in total. The first-order valence-electron chi connectivity index (χ1n) is 5.82. The number of ketones is 1. The lowest BCUT2D eigenvalue weighted by Crippen LogP contribution is -2.46. The molecule has 0 saturated carbocycles. The molecule has 0 bridgehead atoms. The van der Waals surface area contributed by atoms with Crippen molar-refractivity contribution in [3.8, 4) is 0 Å². The fraction of sp³-hybridized carbons (Fsp3) is 0.462. The van der Waals surface area contributed by atoms with E-state index in [1.54, 1.807) is 13.8 Å². The number of carbonyl (C=O) groups excluding carboxylic acids is 1. The minimum Gasteiger partial charge on any atom is -0.298 e. The number of rotatable bonds is 6. The van der Waals surface area contributed by atoms with Gasteiger partial charge in [0, 0.05) is 23.2 Å². The van der Waals surface area contributed by atoms with Gasteiger partial charge in [0.2, 0.25) is 6.04 Å². The van der Waals surface area contributed by atoms with Gasteiger partial charge < -0.3 is 0 Å². The molecule has 98 valence electrons. The number of hydrogen-bond donors (Lipinski definition) is 0. The predicted molar refractivity (Wildman–Crippen MR) is 72.5 cm³/mol. The fourth-order valence-electron chi connectivity index (χ4n) is 1.66. The molecule has 0 unspecified atom stereocenters. The van der Waals surface area contributed by atoms with Gasteiger partial charge in [-0.25, -0.2) is 0 Å². The first kappa shape index (κ1) is 14.7. The lowest BCUT2D eigenvalue weighted by atomic mass is 9.96. The summed E-state index contributed by atoms with van der Waals surface area (Å²) in [5.74, 6) is -0.0967. The van der Waals surface area contributed by atoms with Crippen molar-refractivity contribution in [1.29, 1.82) is 0 Å². The smallest absolute Gasteiger partial charge is 0.231 e. The summed E-state index contributed by atoms with van der Waals surface area (Å²) in [5, 5.41) is 11.0. The Morgan fingerprint density at radius 3 is 2.44 bits per heavy atom. The van der Waals surface area contributed by atoms with Crippen LogP contribution in [0.1, 0.15) is 27.2 Å². The molecule has 0 fully saturated rings. The molecule has 0 aliphatic carbocycles. The maximum Gasteiger partial charge on any atom is 0.231 e. The van der Waals surface area contributed by atoms with Crippen LogP contribution in [0, 0.1) is 10.1 Å². The first-order valence-corrected chi connectivity index (χ1v) is 6.64. The van der Waals surface area contributed by atoms with E-state index in [2.05, 4.69) is 0 Å². The number of carbonyl (C=O) groups is 1. The molecule has 0 heterocycles. The van der Waals surface area contributed by atoms with Crippen LogP contribution in [0.15, 0.2) is 35.2 Å². The molecular formula is C13H17NO3S. The molecule has 0 amide bonds. The summed E-state index contributed by atoms with van der Waals surface area (Å²) in [5.41, 5.74) is 0. The molecule has 5 heteroatoms. The van der Waals surface area contributed by atoms with Crippen LogP contribution in [0.5, 0.6) is 0 Å². The van der Waals surface area contributed by atoms with Crippen molar-refractivity contribution in [2.24, 2.45) is 0 Å². The number of benzene rings is 1. The van der Waals surface area contributed by atoms with Crippen LogP contribution in [0.2, 0.25) is 0 Å². The minimum atomic E-state index is -1.03. The molecule has 0 radical (unpaired) electrons. The molecule has 0 aromatic heterocycles. The number of hydrogen-bond acceptors (Lipinski definition) is 4. The normalized spacial score (nSPS) is 15.7. The zero-order chi connectivity index (χ0) is 13.8. The Morgan fingerprint density at radius 2 is 2.00 bits per heavy atom. The summed E-state index contributed by atoms with van der Waals surface area (Å²) < 4.78 is -1.03. The average molecular weight is 267 g/mol. The number of Topliss-reactive ketones (excluding diaryl/α,β-unsaturated/α-hetero) is 1. The van der Waals surface area contributed by atoms with Crippen LogP contribution in [0.4, 0.5) is 0 Å². The Bertz CT molecular complexity index is 435. The number of thioether (sulfide) groups is 1. The second-order valence-corrected chi connectivity index (χ2v) is 5.78. The van der Waals surface area contributed by atoms with E-state index in [4.69, 9.17) is 0 Å². The van der Waals surface area contributed by atoms with Crippen LogP contribution in [0.3, 0.4) is 0 Å². The SMILES string of the molecule is CCC(=O)[C@@](C)(Sc1ccccc1)[C@H](C)[N+](=O)[O-]. The van der Waals surface area contributed by atoms with Gasteiger partial charge >= 0.3 is 0 Å². The zero-order valence-corrected chi connectivity index (χ0v) is 11.6. The zero-order valence-electron chi connectivity index (χ0n) is 10.8. The summed E-state index contributed by atoms with van der Waals surface area (Å²) in [6, 6.07) is 8.39. The van der Waals surface area contributed by atoms with E-state index < -0.39 is 10.8 Å². The van der Waals surface area contributed by atoms with Crippen molar-refractivity contribution in [2.75, 3.05) is 0 Å². The highest BCUT2D eigenvalue weighted by Gasteiger charge is 2.45. The van der Waals surface area contributed by atoms with E-state index in [-0.39, 0.29) is 10.7 Å². The van der Waals surface area contributed by atoms with E-state index in [0.29, 0.717) is 6.42 Å². The lowest BCUT2D eigenvalue weighted by molar-refractivity contribution is -0.520. The van der Waals surface area contributed by atoms with Gasteiger partial charge in [0.05, 0.1) is 0 Å². The Kier molecular flexibility index (Phi) is 4.90.